The Balaban J connectivity index is 1.81. The molecule has 0 aliphatic heterocycles. The van der Waals surface area contributed by atoms with Gasteiger partial charge in [-0.1, -0.05) is 170 Å². The molecule has 6 aromatic carbocycles. The monoisotopic (exact) mass is 650 g/mol. The number of allylic oxidation sites excluding steroid dienone is 4. The van der Waals surface area contributed by atoms with Crippen molar-refractivity contribution in [2.75, 3.05) is 0 Å². The van der Waals surface area contributed by atoms with Gasteiger partial charge in [0.1, 0.15) is 0 Å². The molecule has 1 heteroatoms. The molecule has 0 fully saturated rings. The van der Waals surface area contributed by atoms with E-state index in [0.29, 0.717) is 0 Å². The van der Waals surface area contributed by atoms with Gasteiger partial charge < -0.3 is 0 Å². The third-order valence-corrected chi connectivity index (χ3v) is 17.2. The van der Waals surface area contributed by atoms with E-state index >= 15 is 0 Å². The Hall–Kier alpha value is -4.98. The van der Waals surface area contributed by atoms with Gasteiger partial charge in [-0.25, -0.2) is 0 Å². The van der Waals surface area contributed by atoms with E-state index in [-0.39, 0.29) is 5.04 Å². The van der Waals surface area contributed by atoms with Gasteiger partial charge in [0.15, 0.2) is 8.07 Å². The molecule has 1 atom stereocenters. The molecule has 0 N–H and O–H groups in total. The normalized spacial score (nSPS) is 16.2. The van der Waals surface area contributed by atoms with Crippen LogP contribution < -0.4 is 15.6 Å². The van der Waals surface area contributed by atoms with Crippen LogP contribution in [0, 0.1) is 20.8 Å². The minimum Gasteiger partial charge on any atom is -0.0730 e. The van der Waals surface area contributed by atoms with Crippen LogP contribution >= 0.6 is 0 Å². The molecule has 49 heavy (non-hydrogen) atoms. The molecule has 6 aromatic rings. The van der Waals surface area contributed by atoms with Gasteiger partial charge in [-0.2, -0.15) is 0 Å². The Morgan fingerprint density at radius 1 is 0.388 bits per heavy atom. The van der Waals surface area contributed by atoms with Crippen LogP contribution in [0.15, 0.2) is 168 Å². The standard InChI is InChI=1S/C48H46Si/c1-33-20-17-29-42(45(33)39-23-11-8-12-24-39)49(48(7)32-36(4)37(5)38(48)6,43-30-18-21-34(2)46(43)40-25-13-9-14-26-40)44-31-19-22-35(3)47(44)41-27-15-10-16-28-41/h8-32H,1-7H3. The van der Waals surface area contributed by atoms with E-state index in [9.17, 15) is 0 Å². The number of hydrogen-bond acceptors (Lipinski definition) is 0. The van der Waals surface area contributed by atoms with Crippen LogP contribution in [0.5, 0.6) is 0 Å². The summed E-state index contributed by atoms with van der Waals surface area (Å²) < 4.78 is 0. The maximum atomic E-state index is 2.65. The van der Waals surface area contributed by atoms with Gasteiger partial charge in [0.25, 0.3) is 0 Å². The Kier molecular flexibility index (Phi) is 8.51. The SMILES string of the molecule is CC1=CC(C)([Si](c2cccc(C)c2-c2ccccc2)(c2cccc(C)c2-c2ccccc2)c2cccc(C)c2-c2ccccc2)C(C)=C1C. The van der Waals surface area contributed by atoms with Gasteiger partial charge >= 0.3 is 0 Å². The summed E-state index contributed by atoms with van der Waals surface area (Å²) in [5.74, 6) is 0. The summed E-state index contributed by atoms with van der Waals surface area (Å²) in [5.41, 5.74) is 16.1. The first-order valence-corrected chi connectivity index (χ1v) is 19.5. The fourth-order valence-electron chi connectivity index (χ4n) is 8.90. The average molecular weight is 651 g/mol. The summed E-state index contributed by atoms with van der Waals surface area (Å²) in [4.78, 5) is 0. The van der Waals surface area contributed by atoms with Crippen molar-refractivity contribution in [2.24, 2.45) is 0 Å². The molecule has 0 heterocycles. The summed E-state index contributed by atoms with van der Waals surface area (Å²) >= 11 is 0. The van der Waals surface area contributed by atoms with Gasteiger partial charge in [-0.05, 0) is 113 Å². The highest BCUT2D eigenvalue weighted by Crippen LogP contribution is 2.55. The molecule has 0 aromatic heterocycles. The van der Waals surface area contributed by atoms with Gasteiger partial charge in [0, 0.05) is 5.04 Å². The minimum atomic E-state index is -3.17. The van der Waals surface area contributed by atoms with Crippen molar-refractivity contribution in [1.29, 1.82) is 0 Å². The quantitative estimate of drug-likeness (QED) is 0.119. The lowest BCUT2D eigenvalue weighted by atomic mass is 9.99. The molecule has 1 aliphatic rings. The lowest BCUT2D eigenvalue weighted by molar-refractivity contribution is 0.870. The molecule has 1 unspecified atom stereocenters. The first kappa shape index (κ1) is 32.6. The summed E-state index contributed by atoms with van der Waals surface area (Å²) in [6.45, 7) is 16.6. The molecule has 0 spiro atoms. The molecule has 0 amide bonds. The van der Waals surface area contributed by atoms with Crippen LogP contribution in [-0.4, -0.2) is 8.07 Å². The first-order valence-electron chi connectivity index (χ1n) is 17.5. The zero-order valence-electron chi connectivity index (χ0n) is 29.9. The van der Waals surface area contributed by atoms with Crippen LogP contribution in [0.25, 0.3) is 33.4 Å². The second-order valence-corrected chi connectivity index (χ2v) is 18.3. The summed E-state index contributed by atoms with van der Waals surface area (Å²) in [5, 5.41) is 4.10. The first-order chi connectivity index (χ1) is 23.7. The Bertz CT molecular complexity index is 2010. The van der Waals surface area contributed by atoms with E-state index in [4.69, 9.17) is 0 Å². The van der Waals surface area contributed by atoms with Crippen LogP contribution in [0.1, 0.15) is 44.4 Å². The number of hydrogen-bond donors (Lipinski definition) is 0. The molecule has 242 valence electrons. The zero-order valence-corrected chi connectivity index (χ0v) is 30.9. The van der Waals surface area contributed by atoms with Gasteiger partial charge in [-0.15, -0.1) is 0 Å². The van der Waals surface area contributed by atoms with Gasteiger partial charge in [0.05, 0.1) is 0 Å². The molecule has 0 saturated heterocycles. The lowest BCUT2D eigenvalue weighted by Crippen LogP contribution is -2.74. The Labute approximate surface area is 294 Å². The predicted octanol–water partition coefficient (Wildman–Crippen LogP) is 11.1. The molecule has 7 rings (SSSR count). The third kappa shape index (κ3) is 5.11. The van der Waals surface area contributed by atoms with E-state index in [1.54, 1.807) is 0 Å². The van der Waals surface area contributed by atoms with Crippen LogP contribution in [-0.2, 0) is 0 Å². The highest BCUT2D eigenvalue weighted by molar-refractivity contribution is 7.16. The summed E-state index contributed by atoms with van der Waals surface area (Å²) in [6.07, 6.45) is 2.65. The topological polar surface area (TPSA) is 0 Å². The second kappa shape index (κ2) is 12.8. The largest absolute Gasteiger partial charge is 0.163 e. The highest BCUT2D eigenvalue weighted by Gasteiger charge is 2.58. The van der Waals surface area contributed by atoms with E-state index < -0.39 is 8.07 Å². The van der Waals surface area contributed by atoms with Crippen molar-refractivity contribution in [1.82, 2.24) is 0 Å². The van der Waals surface area contributed by atoms with Crippen LogP contribution in [0.2, 0.25) is 5.04 Å². The highest BCUT2D eigenvalue weighted by atomic mass is 28.3. The summed E-state index contributed by atoms with van der Waals surface area (Å²) in [7, 11) is -3.17. The van der Waals surface area contributed by atoms with Crippen LogP contribution in [0.3, 0.4) is 0 Å². The van der Waals surface area contributed by atoms with Crippen molar-refractivity contribution in [3.63, 3.8) is 0 Å². The summed E-state index contributed by atoms with van der Waals surface area (Å²) in [6, 6.07) is 54.7. The number of aryl methyl sites for hydroxylation is 3. The third-order valence-electron chi connectivity index (χ3n) is 11.4. The molecule has 0 nitrogen and oxygen atoms in total. The Morgan fingerprint density at radius 3 is 1.00 bits per heavy atom. The number of benzene rings is 6. The maximum Gasteiger partial charge on any atom is 0.163 e. The molecule has 0 radical (unpaired) electrons. The smallest absolute Gasteiger partial charge is 0.0730 e. The average Bonchev–Trinajstić information content (AvgIpc) is 3.32. The van der Waals surface area contributed by atoms with Crippen molar-refractivity contribution in [2.45, 2.75) is 53.5 Å². The van der Waals surface area contributed by atoms with Crippen molar-refractivity contribution < 1.29 is 0 Å². The molecule has 0 bridgehead atoms. The van der Waals surface area contributed by atoms with E-state index in [0.717, 1.165) is 0 Å². The molecular weight excluding hydrogens is 605 g/mol. The minimum absolute atomic E-state index is 0.285. The zero-order chi connectivity index (χ0) is 34.3. The lowest BCUT2D eigenvalue weighted by Gasteiger charge is -2.50. The predicted molar refractivity (Wildman–Crippen MR) is 215 cm³/mol. The second-order valence-electron chi connectivity index (χ2n) is 14.1. The fraction of sp³-hybridized carbons (Fsp3) is 0.167. The van der Waals surface area contributed by atoms with E-state index in [1.165, 1.54) is 82.4 Å². The van der Waals surface area contributed by atoms with Gasteiger partial charge in [0.2, 0.25) is 0 Å². The van der Waals surface area contributed by atoms with Crippen LogP contribution in [0.4, 0.5) is 0 Å². The van der Waals surface area contributed by atoms with Crippen molar-refractivity contribution >= 4 is 23.6 Å². The van der Waals surface area contributed by atoms with E-state index in [2.05, 4.69) is 200 Å². The van der Waals surface area contributed by atoms with Gasteiger partial charge in [-0.3, -0.25) is 0 Å². The molecule has 1 aliphatic carbocycles. The molecule has 0 saturated carbocycles. The Morgan fingerprint density at radius 2 is 0.714 bits per heavy atom. The van der Waals surface area contributed by atoms with Crippen molar-refractivity contribution in [3.05, 3.63) is 185 Å². The maximum absolute atomic E-state index is 3.17. The van der Waals surface area contributed by atoms with E-state index in [1.807, 2.05) is 0 Å². The number of rotatable bonds is 7. The fourth-order valence-corrected chi connectivity index (χ4v) is 15.8. The molecular formula is C48H46Si. The van der Waals surface area contributed by atoms with Crippen molar-refractivity contribution in [3.8, 4) is 33.4 Å².